The molecule has 0 saturated carbocycles. The quantitative estimate of drug-likeness (QED) is 0.606. The Balaban J connectivity index is 1.31. The predicted octanol–water partition coefficient (Wildman–Crippen LogP) is 1.30. The minimum atomic E-state index is 0.166. The van der Waals surface area contributed by atoms with Gasteiger partial charge in [-0.2, -0.15) is 0 Å². The number of hydrogen-bond acceptors (Lipinski definition) is 5. The van der Waals surface area contributed by atoms with Crippen molar-refractivity contribution in [3.63, 3.8) is 0 Å². The first kappa shape index (κ1) is 20.6. The number of hydrogen-bond donors (Lipinski definition) is 1. The second-order valence-electron chi connectivity index (χ2n) is 7.65. The van der Waals surface area contributed by atoms with Crippen LogP contribution in [0, 0.1) is 13.8 Å². The number of aromatic nitrogens is 4. The molecule has 1 saturated heterocycles. The van der Waals surface area contributed by atoms with Gasteiger partial charge in [-0.15, -0.1) is 10.2 Å². The van der Waals surface area contributed by atoms with E-state index in [1.54, 1.807) is 0 Å². The van der Waals surface area contributed by atoms with E-state index in [0.717, 1.165) is 49.4 Å². The third kappa shape index (κ3) is 4.88. The van der Waals surface area contributed by atoms with Gasteiger partial charge in [-0.1, -0.05) is 29.5 Å². The van der Waals surface area contributed by atoms with Crippen molar-refractivity contribution in [3.8, 4) is 5.69 Å². The zero-order valence-corrected chi connectivity index (χ0v) is 18.2. The summed E-state index contributed by atoms with van der Waals surface area (Å²) in [6, 6.07) is 12.4. The maximum absolute atomic E-state index is 12.8. The van der Waals surface area contributed by atoms with Gasteiger partial charge in [0, 0.05) is 23.6 Å². The van der Waals surface area contributed by atoms with Gasteiger partial charge in [-0.25, -0.2) is 0 Å². The Bertz CT molecular complexity index is 981. The van der Waals surface area contributed by atoms with Crippen LogP contribution in [0.4, 0.5) is 0 Å². The topological polar surface area (TPSA) is 68.3 Å². The Morgan fingerprint density at radius 1 is 1.03 bits per heavy atom. The normalized spacial score (nSPS) is 14.8. The Kier molecular flexibility index (Phi) is 6.44. The van der Waals surface area contributed by atoms with E-state index in [1.807, 2.05) is 28.8 Å². The van der Waals surface area contributed by atoms with E-state index in [9.17, 15) is 4.79 Å². The highest BCUT2D eigenvalue weighted by Gasteiger charge is 2.24. The van der Waals surface area contributed by atoms with Gasteiger partial charge in [-0.3, -0.25) is 14.3 Å². The number of benzene rings is 1. The molecule has 0 aliphatic carbocycles. The average molecular weight is 424 g/mol. The van der Waals surface area contributed by atoms with E-state index >= 15 is 0 Å². The fourth-order valence-corrected chi connectivity index (χ4v) is 4.58. The maximum atomic E-state index is 12.8. The maximum Gasteiger partial charge on any atom is 0.233 e. The Morgan fingerprint density at radius 3 is 2.43 bits per heavy atom. The number of thioether (sulfide) groups is 1. The van der Waals surface area contributed by atoms with Crippen molar-refractivity contribution < 1.29 is 9.69 Å². The minimum absolute atomic E-state index is 0.166. The van der Waals surface area contributed by atoms with Gasteiger partial charge in [0.15, 0.2) is 5.16 Å². The second kappa shape index (κ2) is 9.40. The van der Waals surface area contributed by atoms with Gasteiger partial charge in [0.2, 0.25) is 5.91 Å². The number of aryl methyl sites for hydroxylation is 2. The van der Waals surface area contributed by atoms with E-state index in [4.69, 9.17) is 0 Å². The van der Waals surface area contributed by atoms with Crippen molar-refractivity contribution in [2.45, 2.75) is 25.5 Å². The molecule has 0 bridgehead atoms. The van der Waals surface area contributed by atoms with E-state index in [1.165, 1.54) is 27.8 Å². The van der Waals surface area contributed by atoms with Crippen molar-refractivity contribution in [1.82, 2.24) is 24.6 Å². The summed E-state index contributed by atoms with van der Waals surface area (Å²) in [4.78, 5) is 20.3. The summed E-state index contributed by atoms with van der Waals surface area (Å²) in [6.07, 6.45) is 3.67. The lowest BCUT2D eigenvalue weighted by Crippen LogP contribution is -3.13. The van der Waals surface area contributed by atoms with Crippen molar-refractivity contribution in [2.24, 2.45) is 0 Å². The lowest BCUT2D eigenvalue weighted by Gasteiger charge is -2.32. The van der Waals surface area contributed by atoms with E-state index in [-0.39, 0.29) is 5.91 Å². The first-order chi connectivity index (χ1) is 14.6. The number of amides is 1. The van der Waals surface area contributed by atoms with Gasteiger partial charge in [0.25, 0.3) is 0 Å². The lowest BCUT2D eigenvalue weighted by molar-refractivity contribution is -0.917. The van der Waals surface area contributed by atoms with Crippen LogP contribution in [-0.4, -0.2) is 62.5 Å². The fraction of sp³-hybridized carbons (Fsp3) is 0.364. The molecule has 1 aromatic carbocycles. The van der Waals surface area contributed by atoms with Crippen LogP contribution < -0.4 is 4.90 Å². The molecular weight excluding hydrogens is 396 g/mol. The number of rotatable bonds is 6. The molecule has 0 radical (unpaired) electrons. The van der Waals surface area contributed by atoms with Crippen LogP contribution in [0.3, 0.4) is 0 Å². The summed E-state index contributed by atoms with van der Waals surface area (Å²) in [6.45, 7) is 8.51. The fourth-order valence-electron chi connectivity index (χ4n) is 3.68. The molecule has 4 rings (SSSR count). The van der Waals surface area contributed by atoms with Crippen LogP contribution in [0.2, 0.25) is 0 Å². The zero-order chi connectivity index (χ0) is 20.9. The van der Waals surface area contributed by atoms with Gasteiger partial charge >= 0.3 is 0 Å². The van der Waals surface area contributed by atoms with E-state index in [0.29, 0.717) is 5.75 Å². The number of nitrogens with one attached hydrogen (secondary N) is 1. The van der Waals surface area contributed by atoms with Crippen LogP contribution in [-0.2, 0) is 11.3 Å². The van der Waals surface area contributed by atoms with Crippen molar-refractivity contribution >= 4 is 17.7 Å². The lowest BCUT2D eigenvalue weighted by atomic mass is 10.2. The summed E-state index contributed by atoms with van der Waals surface area (Å²) in [5.41, 5.74) is 3.52. The van der Waals surface area contributed by atoms with Crippen LogP contribution in [0.15, 0.2) is 53.9 Å². The number of pyridine rings is 1. The number of carbonyl (C=O) groups is 1. The predicted molar refractivity (Wildman–Crippen MR) is 117 cm³/mol. The third-order valence-electron chi connectivity index (χ3n) is 5.44. The standard InChI is InChI=1S/C22H26N6OS/c1-17-3-5-20(6-4-17)28-18(2)24-25-22(28)30-16-21(29)27-13-11-26(12-14-27)15-19-7-9-23-10-8-19/h3-10H,11-16H2,1-2H3/p+1. The molecule has 156 valence electrons. The first-order valence-corrected chi connectivity index (χ1v) is 11.2. The van der Waals surface area contributed by atoms with Crippen molar-refractivity contribution in [3.05, 3.63) is 65.7 Å². The Morgan fingerprint density at radius 2 is 1.73 bits per heavy atom. The molecule has 1 amide bonds. The number of nitrogens with zero attached hydrogens (tertiary/aromatic N) is 5. The molecule has 3 heterocycles. The van der Waals surface area contributed by atoms with Crippen LogP contribution in [0.25, 0.3) is 5.69 Å². The monoisotopic (exact) mass is 423 g/mol. The molecule has 30 heavy (non-hydrogen) atoms. The highest BCUT2D eigenvalue weighted by Crippen LogP contribution is 2.22. The molecule has 8 heteroatoms. The summed E-state index contributed by atoms with van der Waals surface area (Å²) in [5.74, 6) is 1.37. The number of carbonyl (C=O) groups excluding carboxylic acids is 1. The first-order valence-electron chi connectivity index (χ1n) is 10.2. The highest BCUT2D eigenvalue weighted by atomic mass is 32.2. The molecule has 2 aromatic heterocycles. The molecule has 1 fully saturated rings. The molecule has 7 nitrogen and oxygen atoms in total. The number of quaternary nitrogens is 1. The number of piperazine rings is 1. The smallest absolute Gasteiger partial charge is 0.233 e. The van der Waals surface area contributed by atoms with E-state index < -0.39 is 0 Å². The average Bonchev–Trinajstić information content (AvgIpc) is 3.14. The summed E-state index contributed by atoms with van der Waals surface area (Å²) in [7, 11) is 0. The largest absolute Gasteiger partial charge is 0.331 e. The van der Waals surface area contributed by atoms with Crippen LogP contribution >= 0.6 is 11.8 Å². The molecule has 1 N–H and O–H groups in total. The Labute approximate surface area is 181 Å². The summed E-state index contributed by atoms with van der Waals surface area (Å²) in [5, 5.41) is 9.26. The molecule has 0 unspecified atom stereocenters. The van der Waals surface area contributed by atoms with Crippen molar-refractivity contribution in [1.29, 1.82) is 0 Å². The molecular formula is C22H27N6OS+. The minimum Gasteiger partial charge on any atom is -0.331 e. The second-order valence-corrected chi connectivity index (χ2v) is 8.59. The van der Waals surface area contributed by atoms with Crippen LogP contribution in [0.5, 0.6) is 0 Å². The highest BCUT2D eigenvalue weighted by molar-refractivity contribution is 7.99. The molecule has 1 aliphatic rings. The van der Waals surface area contributed by atoms with Gasteiger partial charge in [-0.05, 0) is 38.1 Å². The van der Waals surface area contributed by atoms with Gasteiger partial charge in [0.1, 0.15) is 12.4 Å². The SMILES string of the molecule is Cc1ccc(-n2c(C)nnc2SCC(=O)N2CC[NH+](Cc3ccncc3)CC2)cc1. The van der Waals surface area contributed by atoms with Crippen LogP contribution in [0.1, 0.15) is 17.0 Å². The van der Waals surface area contributed by atoms with Gasteiger partial charge < -0.3 is 9.80 Å². The molecule has 0 spiro atoms. The molecule has 3 aromatic rings. The third-order valence-corrected chi connectivity index (χ3v) is 6.35. The van der Waals surface area contributed by atoms with E-state index in [2.05, 4.69) is 58.5 Å². The summed E-state index contributed by atoms with van der Waals surface area (Å²) >= 11 is 1.46. The molecule has 1 aliphatic heterocycles. The summed E-state index contributed by atoms with van der Waals surface area (Å²) < 4.78 is 2.01. The van der Waals surface area contributed by atoms with Crippen molar-refractivity contribution in [2.75, 3.05) is 31.9 Å². The Hall–Kier alpha value is -2.71. The zero-order valence-electron chi connectivity index (χ0n) is 17.4. The molecule has 0 atom stereocenters. The van der Waals surface area contributed by atoms with Gasteiger partial charge in [0.05, 0.1) is 31.9 Å².